The van der Waals surface area contributed by atoms with Crippen LogP contribution < -0.4 is 0 Å². The number of benzene rings is 2. The number of carbonyl (C=O) groups is 1. The van der Waals surface area contributed by atoms with Crippen LogP contribution >= 0.6 is 0 Å². The number of hydrogen-bond donors (Lipinski definition) is 0. The van der Waals surface area contributed by atoms with Crippen LogP contribution in [0.25, 0.3) is 11.1 Å². The number of likely N-dealkylation sites (tertiary alicyclic amines) is 1. The first kappa shape index (κ1) is 17.7. The fraction of sp³-hybridized carbons (Fsp3) is 0.409. The summed E-state index contributed by atoms with van der Waals surface area (Å²) in [5.41, 5.74) is 3.35. The first-order valence-electron chi connectivity index (χ1n) is 9.28. The molecule has 1 atom stereocenters. The van der Waals surface area contributed by atoms with Crippen LogP contribution in [0.3, 0.4) is 0 Å². The maximum atomic E-state index is 12.3. The Morgan fingerprint density at radius 1 is 0.960 bits per heavy atom. The molecule has 1 aliphatic rings. The number of rotatable bonds is 6. The van der Waals surface area contributed by atoms with E-state index in [9.17, 15) is 4.79 Å². The third-order valence-electron chi connectivity index (χ3n) is 4.97. The van der Waals surface area contributed by atoms with Crippen LogP contribution in [0.4, 0.5) is 0 Å². The maximum absolute atomic E-state index is 12.3. The average molecular weight is 337 g/mol. The van der Waals surface area contributed by atoms with Crippen molar-refractivity contribution in [2.24, 2.45) is 0 Å². The molecule has 3 nitrogen and oxygen atoms in total. The van der Waals surface area contributed by atoms with Gasteiger partial charge in [-0.15, -0.1) is 0 Å². The molecule has 0 aliphatic carbocycles. The smallest absolute Gasteiger partial charge is 0.313 e. The SMILES string of the molecule is CC(C(=O)OCCN1CCCCC1)c1ccc(-c2ccccc2)cc1. The van der Waals surface area contributed by atoms with Crippen molar-refractivity contribution in [3.05, 3.63) is 60.2 Å². The highest BCUT2D eigenvalue weighted by atomic mass is 16.5. The zero-order valence-corrected chi connectivity index (χ0v) is 15.0. The second-order valence-corrected chi connectivity index (χ2v) is 6.78. The molecule has 2 aromatic rings. The molecule has 1 heterocycles. The summed E-state index contributed by atoms with van der Waals surface area (Å²) in [6.07, 6.45) is 3.85. The molecule has 0 aromatic heterocycles. The number of piperidine rings is 1. The number of nitrogens with zero attached hydrogens (tertiary/aromatic N) is 1. The van der Waals surface area contributed by atoms with E-state index in [1.54, 1.807) is 0 Å². The molecule has 0 spiro atoms. The van der Waals surface area contributed by atoms with Gasteiger partial charge in [-0.1, -0.05) is 61.0 Å². The molecule has 0 amide bonds. The van der Waals surface area contributed by atoms with Crippen LogP contribution in [0, 0.1) is 0 Å². The minimum absolute atomic E-state index is 0.135. The normalized spacial score (nSPS) is 16.4. The highest BCUT2D eigenvalue weighted by Crippen LogP contribution is 2.23. The lowest BCUT2D eigenvalue weighted by molar-refractivity contribution is -0.145. The summed E-state index contributed by atoms with van der Waals surface area (Å²) in [4.78, 5) is 14.7. The predicted octanol–water partition coefficient (Wildman–Crippen LogP) is 4.49. The topological polar surface area (TPSA) is 29.5 Å². The van der Waals surface area contributed by atoms with Gasteiger partial charge in [-0.2, -0.15) is 0 Å². The fourth-order valence-electron chi connectivity index (χ4n) is 3.31. The number of ether oxygens (including phenoxy) is 1. The predicted molar refractivity (Wildman–Crippen MR) is 102 cm³/mol. The summed E-state index contributed by atoms with van der Waals surface area (Å²) in [5.74, 6) is -0.365. The van der Waals surface area contributed by atoms with Gasteiger partial charge in [0.25, 0.3) is 0 Å². The van der Waals surface area contributed by atoms with Gasteiger partial charge in [-0.25, -0.2) is 0 Å². The summed E-state index contributed by atoms with van der Waals surface area (Å²) in [6.45, 7) is 5.53. The monoisotopic (exact) mass is 337 g/mol. The number of carbonyl (C=O) groups excluding carboxylic acids is 1. The van der Waals surface area contributed by atoms with E-state index in [0.29, 0.717) is 6.61 Å². The molecule has 0 N–H and O–H groups in total. The minimum atomic E-state index is -0.230. The van der Waals surface area contributed by atoms with Gasteiger partial charge < -0.3 is 4.74 Å². The zero-order valence-electron chi connectivity index (χ0n) is 15.0. The van der Waals surface area contributed by atoms with Crippen molar-refractivity contribution < 1.29 is 9.53 Å². The van der Waals surface area contributed by atoms with Crippen LogP contribution in [0.1, 0.15) is 37.7 Å². The Kier molecular flexibility index (Phi) is 6.24. The molecule has 2 aromatic carbocycles. The van der Waals surface area contributed by atoms with E-state index >= 15 is 0 Å². The minimum Gasteiger partial charge on any atom is -0.464 e. The third-order valence-corrected chi connectivity index (χ3v) is 4.97. The third kappa shape index (κ3) is 4.93. The van der Waals surface area contributed by atoms with Gasteiger partial charge in [0.2, 0.25) is 0 Å². The highest BCUT2D eigenvalue weighted by Gasteiger charge is 2.17. The Morgan fingerprint density at radius 2 is 1.60 bits per heavy atom. The number of hydrogen-bond acceptors (Lipinski definition) is 3. The molecule has 0 radical (unpaired) electrons. The second kappa shape index (κ2) is 8.82. The molecule has 0 bridgehead atoms. The molecule has 25 heavy (non-hydrogen) atoms. The maximum Gasteiger partial charge on any atom is 0.313 e. The van der Waals surface area contributed by atoms with Crippen molar-refractivity contribution in [1.82, 2.24) is 4.90 Å². The van der Waals surface area contributed by atoms with E-state index in [-0.39, 0.29) is 11.9 Å². The van der Waals surface area contributed by atoms with Crippen molar-refractivity contribution in [2.45, 2.75) is 32.1 Å². The van der Waals surface area contributed by atoms with Crippen LogP contribution in [0.5, 0.6) is 0 Å². The molecule has 1 saturated heterocycles. The first-order chi connectivity index (χ1) is 12.2. The molecule has 0 saturated carbocycles. The van der Waals surface area contributed by atoms with Crippen LogP contribution in [-0.2, 0) is 9.53 Å². The van der Waals surface area contributed by atoms with Gasteiger partial charge >= 0.3 is 5.97 Å². The Balaban J connectivity index is 1.51. The van der Waals surface area contributed by atoms with Gasteiger partial charge in [0.1, 0.15) is 6.61 Å². The van der Waals surface area contributed by atoms with Gasteiger partial charge in [-0.3, -0.25) is 9.69 Å². The molecule has 1 fully saturated rings. The lowest BCUT2D eigenvalue weighted by atomic mass is 9.97. The van der Waals surface area contributed by atoms with Crippen molar-refractivity contribution in [3.63, 3.8) is 0 Å². The Bertz CT molecular complexity index is 660. The lowest BCUT2D eigenvalue weighted by Gasteiger charge is -2.26. The van der Waals surface area contributed by atoms with Crippen molar-refractivity contribution in [3.8, 4) is 11.1 Å². The Hall–Kier alpha value is -2.13. The van der Waals surface area contributed by atoms with Crippen molar-refractivity contribution in [1.29, 1.82) is 0 Å². The van der Waals surface area contributed by atoms with Gasteiger partial charge in [0.15, 0.2) is 0 Å². The standard InChI is InChI=1S/C22H27NO2/c1-18(22(24)25-17-16-23-14-6-3-7-15-23)19-10-12-21(13-11-19)20-8-4-2-5-9-20/h2,4-5,8-13,18H,3,6-7,14-17H2,1H3. The quantitative estimate of drug-likeness (QED) is 0.728. The van der Waals surface area contributed by atoms with E-state index < -0.39 is 0 Å². The lowest BCUT2D eigenvalue weighted by Crippen LogP contribution is -2.33. The largest absolute Gasteiger partial charge is 0.464 e. The van der Waals surface area contributed by atoms with Crippen LogP contribution in [-0.4, -0.2) is 37.1 Å². The molecular formula is C22H27NO2. The Morgan fingerprint density at radius 3 is 2.28 bits per heavy atom. The van der Waals surface area contributed by atoms with Crippen LogP contribution in [0.15, 0.2) is 54.6 Å². The van der Waals surface area contributed by atoms with Gasteiger partial charge in [0.05, 0.1) is 5.92 Å². The van der Waals surface area contributed by atoms with Gasteiger partial charge in [-0.05, 0) is 49.5 Å². The zero-order chi connectivity index (χ0) is 17.5. The van der Waals surface area contributed by atoms with E-state index in [1.807, 2.05) is 37.3 Å². The van der Waals surface area contributed by atoms with E-state index in [4.69, 9.17) is 4.74 Å². The van der Waals surface area contributed by atoms with Crippen LogP contribution in [0.2, 0.25) is 0 Å². The molecule has 1 unspecified atom stereocenters. The Labute approximate surface area is 150 Å². The summed E-state index contributed by atoms with van der Waals surface area (Å²) >= 11 is 0. The van der Waals surface area contributed by atoms with E-state index in [2.05, 4.69) is 29.2 Å². The second-order valence-electron chi connectivity index (χ2n) is 6.78. The molecule has 3 rings (SSSR count). The fourth-order valence-corrected chi connectivity index (χ4v) is 3.31. The molecular weight excluding hydrogens is 310 g/mol. The number of esters is 1. The van der Waals surface area contributed by atoms with E-state index in [1.165, 1.54) is 24.8 Å². The average Bonchev–Trinajstić information content (AvgIpc) is 2.69. The van der Waals surface area contributed by atoms with Crippen molar-refractivity contribution in [2.75, 3.05) is 26.2 Å². The van der Waals surface area contributed by atoms with E-state index in [0.717, 1.165) is 30.8 Å². The van der Waals surface area contributed by atoms with Gasteiger partial charge in [0, 0.05) is 6.54 Å². The molecule has 3 heteroatoms. The summed E-state index contributed by atoms with van der Waals surface area (Å²) in [7, 11) is 0. The molecule has 1 aliphatic heterocycles. The molecule has 132 valence electrons. The highest BCUT2D eigenvalue weighted by molar-refractivity contribution is 5.78. The van der Waals surface area contributed by atoms with Crippen molar-refractivity contribution >= 4 is 5.97 Å². The summed E-state index contributed by atoms with van der Waals surface area (Å²) < 4.78 is 5.50. The summed E-state index contributed by atoms with van der Waals surface area (Å²) in [5, 5.41) is 0. The first-order valence-corrected chi connectivity index (χ1v) is 9.28. The summed E-state index contributed by atoms with van der Waals surface area (Å²) in [6, 6.07) is 18.5.